The molecule has 0 unspecified atom stereocenters. The molecule has 3 atom stereocenters. The molecule has 0 radical (unpaired) electrons. The Kier molecular flexibility index (Phi) is 8.72. The Morgan fingerprint density at radius 1 is 1.15 bits per heavy atom. The third-order valence-electron chi connectivity index (χ3n) is 9.42. The average molecular weight is 670 g/mol. The van der Waals surface area contributed by atoms with Crippen molar-refractivity contribution in [2.24, 2.45) is 17.8 Å². The Hall–Kier alpha value is -3.76. The van der Waals surface area contributed by atoms with Gasteiger partial charge in [0.05, 0.1) is 35.2 Å². The van der Waals surface area contributed by atoms with Gasteiger partial charge in [0.15, 0.2) is 0 Å². The fourth-order valence-electron chi connectivity index (χ4n) is 6.93. The summed E-state index contributed by atoms with van der Waals surface area (Å²) in [5.74, 6) is -6.78. The SMILES string of the molecule is CCn1nccc1C(=O)N[C@H](c1cn2nc(C[C@H]3C[C@@H](C(F)(F)F)CNC3=O)c(CN3CC(C)(F)C3)nc2n1)C1CCC(F)(F)CC1. The molecule has 1 saturated carbocycles. The van der Waals surface area contributed by atoms with Crippen molar-refractivity contribution in [2.45, 2.75) is 89.3 Å². The number of halogens is 6. The van der Waals surface area contributed by atoms with E-state index in [2.05, 4.69) is 30.8 Å². The maximum absolute atomic E-state index is 14.3. The van der Waals surface area contributed by atoms with Crippen molar-refractivity contribution < 1.29 is 35.9 Å². The molecule has 6 rings (SSSR count). The van der Waals surface area contributed by atoms with Crippen LogP contribution in [0.15, 0.2) is 18.5 Å². The Bertz CT molecular complexity index is 1620. The van der Waals surface area contributed by atoms with Crippen molar-refractivity contribution in [3.63, 3.8) is 0 Å². The van der Waals surface area contributed by atoms with Crippen LogP contribution in [0.2, 0.25) is 0 Å². The second-order valence-electron chi connectivity index (χ2n) is 13.3. The monoisotopic (exact) mass is 669 g/mol. The summed E-state index contributed by atoms with van der Waals surface area (Å²) in [4.78, 5) is 37.1. The molecule has 5 heterocycles. The van der Waals surface area contributed by atoms with Crippen LogP contribution in [0.1, 0.15) is 79.6 Å². The first-order valence-corrected chi connectivity index (χ1v) is 15.8. The summed E-state index contributed by atoms with van der Waals surface area (Å²) in [6, 6.07) is 0.771. The highest BCUT2D eigenvalue weighted by atomic mass is 19.4. The summed E-state index contributed by atoms with van der Waals surface area (Å²) >= 11 is 0. The van der Waals surface area contributed by atoms with E-state index >= 15 is 0 Å². The number of imidazole rings is 1. The Labute approximate surface area is 266 Å². The molecule has 3 aliphatic rings. The molecule has 11 nitrogen and oxygen atoms in total. The minimum atomic E-state index is -4.48. The first kappa shape index (κ1) is 33.2. The largest absolute Gasteiger partial charge is 0.393 e. The van der Waals surface area contributed by atoms with E-state index in [4.69, 9.17) is 0 Å². The van der Waals surface area contributed by atoms with Crippen LogP contribution in [0.25, 0.3) is 5.78 Å². The van der Waals surface area contributed by atoms with Crippen LogP contribution in [-0.4, -0.2) is 83.5 Å². The third-order valence-corrected chi connectivity index (χ3v) is 9.42. The number of carbonyl (C=O) groups excluding carboxylic acids is 2. The smallest absolute Gasteiger partial charge is 0.355 e. The zero-order valence-corrected chi connectivity index (χ0v) is 26.0. The number of likely N-dealkylation sites (tertiary alicyclic amines) is 1. The predicted molar refractivity (Wildman–Crippen MR) is 155 cm³/mol. The number of carbonyl (C=O) groups is 2. The molecule has 47 heavy (non-hydrogen) atoms. The minimum absolute atomic E-state index is 0.113. The van der Waals surface area contributed by atoms with Crippen molar-refractivity contribution in [2.75, 3.05) is 19.6 Å². The minimum Gasteiger partial charge on any atom is -0.355 e. The zero-order valence-electron chi connectivity index (χ0n) is 26.0. The number of aryl methyl sites for hydroxylation is 1. The second-order valence-corrected chi connectivity index (χ2v) is 13.3. The lowest BCUT2D eigenvalue weighted by atomic mass is 9.81. The first-order valence-electron chi connectivity index (χ1n) is 15.8. The molecule has 3 fully saturated rings. The molecule has 256 valence electrons. The van der Waals surface area contributed by atoms with E-state index in [1.165, 1.54) is 28.5 Å². The Morgan fingerprint density at radius 3 is 2.53 bits per heavy atom. The van der Waals surface area contributed by atoms with Gasteiger partial charge in [-0.25, -0.2) is 27.7 Å². The van der Waals surface area contributed by atoms with Crippen molar-refractivity contribution >= 4 is 17.6 Å². The number of amides is 2. The van der Waals surface area contributed by atoms with Gasteiger partial charge in [0.25, 0.3) is 11.7 Å². The number of hydrogen-bond acceptors (Lipinski definition) is 7. The van der Waals surface area contributed by atoms with Crippen LogP contribution in [0, 0.1) is 17.8 Å². The molecule has 2 N–H and O–H groups in total. The lowest BCUT2D eigenvalue weighted by Gasteiger charge is -2.42. The third kappa shape index (κ3) is 7.23. The van der Waals surface area contributed by atoms with Crippen molar-refractivity contribution in [1.29, 1.82) is 0 Å². The van der Waals surface area contributed by atoms with E-state index in [1.54, 1.807) is 11.0 Å². The maximum Gasteiger partial charge on any atom is 0.393 e. The quantitative estimate of drug-likeness (QED) is 0.330. The molecule has 2 amide bonds. The number of piperidine rings is 1. The van der Waals surface area contributed by atoms with E-state index < -0.39 is 60.4 Å². The highest BCUT2D eigenvalue weighted by Crippen LogP contribution is 2.41. The molecule has 3 aromatic rings. The van der Waals surface area contributed by atoms with Crippen molar-refractivity contribution in [1.82, 2.24) is 44.9 Å². The number of aromatic nitrogens is 6. The second kappa shape index (κ2) is 12.4. The number of nitrogens with zero attached hydrogens (tertiary/aromatic N) is 7. The summed E-state index contributed by atoms with van der Waals surface area (Å²) in [7, 11) is 0. The molecule has 1 aliphatic carbocycles. The fourth-order valence-corrected chi connectivity index (χ4v) is 6.93. The topological polar surface area (TPSA) is 122 Å². The molecule has 17 heteroatoms. The number of hydrogen-bond donors (Lipinski definition) is 2. The summed E-state index contributed by atoms with van der Waals surface area (Å²) in [6.45, 7) is 3.60. The van der Waals surface area contributed by atoms with E-state index in [1.807, 2.05) is 6.92 Å². The molecule has 0 aromatic carbocycles. The molecule has 2 aliphatic heterocycles. The lowest BCUT2D eigenvalue weighted by molar-refractivity contribution is -0.183. The average Bonchev–Trinajstić information content (AvgIpc) is 3.62. The van der Waals surface area contributed by atoms with Crippen molar-refractivity contribution in [3.8, 4) is 0 Å². The van der Waals surface area contributed by atoms with Gasteiger partial charge in [-0.1, -0.05) is 0 Å². The standard InChI is InChI=1S/C30H37F6N9O2/c1-3-44-23(6-9-38-44)26(47)41-24(17-4-7-29(32,33)8-5-17)22-14-45-27(40-22)39-21(13-43-15-28(2,31)16-43)20(42-45)11-18-10-19(30(34,35)36)12-37-25(18)46/h6,9,14,17-19,24H,3-5,7-8,10-13,15-16H2,1-2H3,(H,37,46)(H,41,47)/t18-,19-,24+/m1/s1. The highest BCUT2D eigenvalue weighted by Gasteiger charge is 2.45. The predicted octanol–water partition coefficient (Wildman–Crippen LogP) is 4.04. The van der Waals surface area contributed by atoms with Crippen LogP contribution in [0.4, 0.5) is 26.3 Å². The van der Waals surface area contributed by atoms with E-state index in [9.17, 15) is 35.9 Å². The van der Waals surface area contributed by atoms with Gasteiger partial charge in [-0.05, 0) is 45.1 Å². The lowest BCUT2D eigenvalue weighted by Crippen LogP contribution is -2.56. The van der Waals surface area contributed by atoms with Gasteiger partial charge in [-0.2, -0.15) is 23.4 Å². The zero-order chi connectivity index (χ0) is 33.7. The van der Waals surface area contributed by atoms with E-state index in [-0.39, 0.29) is 69.1 Å². The van der Waals surface area contributed by atoms with Crippen LogP contribution < -0.4 is 10.6 Å². The van der Waals surface area contributed by atoms with E-state index in [0.717, 1.165) is 0 Å². The Balaban J connectivity index is 1.34. The van der Waals surface area contributed by atoms with Gasteiger partial charge in [-0.3, -0.25) is 19.2 Å². The van der Waals surface area contributed by atoms with Gasteiger partial charge >= 0.3 is 6.18 Å². The molecule has 2 saturated heterocycles. The summed E-state index contributed by atoms with van der Waals surface area (Å²) < 4.78 is 86.1. The summed E-state index contributed by atoms with van der Waals surface area (Å²) in [5, 5.41) is 14.1. The summed E-state index contributed by atoms with van der Waals surface area (Å²) in [5.41, 5.74) is -0.164. The van der Waals surface area contributed by atoms with Crippen LogP contribution in [-0.2, 0) is 24.3 Å². The van der Waals surface area contributed by atoms with E-state index in [0.29, 0.717) is 23.6 Å². The maximum atomic E-state index is 14.3. The Morgan fingerprint density at radius 2 is 1.87 bits per heavy atom. The number of fused-ring (bicyclic) bond motifs is 1. The fraction of sp³-hybridized carbons (Fsp3) is 0.667. The number of rotatable bonds is 9. The first-order chi connectivity index (χ1) is 22.1. The number of nitrogens with one attached hydrogen (secondary N) is 2. The van der Waals surface area contributed by atoms with Gasteiger partial charge in [-0.15, -0.1) is 0 Å². The molecule has 3 aromatic heterocycles. The van der Waals surface area contributed by atoms with Gasteiger partial charge in [0, 0.05) is 64.1 Å². The molecular weight excluding hydrogens is 632 g/mol. The summed E-state index contributed by atoms with van der Waals surface area (Å²) in [6.07, 6.45) is -2.45. The highest BCUT2D eigenvalue weighted by molar-refractivity contribution is 5.92. The molecule has 0 bridgehead atoms. The van der Waals surface area contributed by atoms with Crippen LogP contribution in [0.3, 0.4) is 0 Å². The molecule has 0 spiro atoms. The van der Waals surface area contributed by atoms with Gasteiger partial charge in [0.2, 0.25) is 11.8 Å². The molecular formula is C30H37F6N9O2. The van der Waals surface area contributed by atoms with Crippen LogP contribution in [0.5, 0.6) is 0 Å². The van der Waals surface area contributed by atoms with Gasteiger partial charge in [0.1, 0.15) is 11.4 Å². The normalized spacial score (nSPS) is 24.1. The number of alkyl halides is 6. The van der Waals surface area contributed by atoms with Crippen molar-refractivity contribution in [3.05, 3.63) is 41.2 Å². The van der Waals surface area contributed by atoms with Crippen LogP contribution >= 0.6 is 0 Å². The van der Waals surface area contributed by atoms with Gasteiger partial charge < -0.3 is 10.6 Å².